The van der Waals surface area contributed by atoms with Crippen LogP contribution in [0.2, 0.25) is 0 Å². The highest BCUT2D eigenvalue weighted by molar-refractivity contribution is 6.05. The van der Waals surface area contributed by atoms with Gasteiger partial charge in [0.05, 0.1) is 23.1 Å². The number of hydrogen-bond acceptors (Lipinski definition) is 6. The molecule has 1 atom stereocenters. The largest absolute Gasteiger partial charge is 0.508 e. The van der Waals surface area contributed by atoms with E-state index >= 15 is 0 Å². The van der Waals surface area contributed by atoms with Gasteiger partial charge in [-0.2, -0.15) is 0 Å². The summed E-state index contributed by atoms with van der Waals surface area (Å²) in [5, 5.41) is 23.6. The number of fused-ring (bicyclic) bond motifs is 1. The molecule has 0 saturated carbocycles. The third-order valence-corrected chi connectivity index (χ3v) is 4.50. The van der Waals surface area contributed by atoms with Crippen molar-refractivity contribution in [3.63, 3.8) is 0 Å². The molecule has 136 valence electrons. The Hall–Kier alpha value is -3.54. The molecule has 0 fully saturated rings. The number of aliphatic imine (C=N–C) groups is 1. The molecule has 1 aliphatic heterocycles. The van der Waals surface area contributed by atoms with E-state index in [2.05, 4.69) is 10.3 Å². The minimum atomic E-state index is -0.625. The summed E-state index contributed by atoms with van der Waals surface area (Å²) in [6.07, 6.45) is 0.333. The van der Waals surface area contributed by atoms with Crippen molar-refractivity contribution in [2.75, 3.05) is 5.32 Å². The third kappa shape index (κ3) is 3.29. The van der Waals surface area contributed by atoms with Gasteiger partial charge in [0.15, 0.2) is 0 Å². The summed E-state index contributed by atoms with van der Waals surface area (Å²) in [4.78, 5) is 17.0. The van der Waals surface area contributed by atoms with Gasteiger partial charge >= 0.3 is 5.63 Å². The van der Waals surface area contributed by atoms with Crippen LogP contribution in [0.3, 0.4) is 0 Å². The maximum Gasteiger partial charge on any atom is 0.348 e. The first-order chi connectivity index (χ1) is 13.0. The Labute approximate surface area is 155 Å². The van der Waals surface area contributed by atoms with Gasteiger partial charge in [-0.25, -0.2) is 4.79 Å². The zero-order valence-electron chi connectivity index (χ0n) is 14.6. The minimum Gasteiger partial charge on any atom is -0.508 e. The summed E-state index contributed by atoms with van der Waals surface area (Å²) in [5.74, 6) is 0.332. The molecule has 0 saturated heterocycles. The number of rotatable bonds is 2. The van der Waals surface area contributed by atoms with Crippen LogP contribution in [0, 0.1) is 6.92 Å². The van der Waals surface area contributed by atoms with Gasteiger partial charge < -0.3 is 19.9 Å². The van der Waals surface area contributed by atoms with Crippen LogP contribution in [0.15, 0.2) is 68.8 Å². The average molecular weight is 362 g/mol. The van der Waals surface area contributed by atoms with E-state index in [1.165, 1.54) is 6.07 Å². The molecule has 27 heavy (non-hydrogen) atoms. The van der Waals surface area contributed by atoms with Gasteiger partial charge in [0, 0.05) is 12.5 Å². The fraction of sp³-hybridized carbons (Fsp3) is 0.143. The van der Waals surface area contributed by atoms with Crippen molar-refractivity contribution in [2.24, 2.45) is 4.99 Å². The van der Waals surface area contributed by atoms with E-state index in [4.69, 9.17) is 4.42 Å². The van der Waals surface area contributed by atoms with E-state index in [-0.39, 0.29) is 23.1 Å². The Balaban J connectivity index is 1.88. The second-order valence-corrected chi connectivity index (χ2v) is 6.48. The summed E-state index contributed by atoms with van der Waals surface area (Å²) in [6, 6.07) is 15.6. The van der Waals surface area contributed by atoms with Gasteiger partial charge in [-0.3, -0.25) is 4.99 Å². The van der Waals surface area contributed by atoms with Crippen molar-refractivity contribution < 1.29 is 14.6 Å². The lowest BCUT2D eigenvalue weighted by atomic mass is 9.97. The molecule has 0 aliphatic carbocycles. The molecule has 2 heterocycles. The highest BCUT2D eigenvalue weighted by atomic mass is 16.4. The van der Waals surface area contributed by atoms with Crippen LogP contribution in [0.1, 0.15) is 29.3 Å². The smallest absolute Gasteiger partial charge is 0.348 e. The first-order valence-corrected chi connectivity index (χ1v) is 8.57. The van der Waals surface area contributed by atoms with Gasteiger partial charge in [0.25, 0.3) is 0 Å². The number of anilines is 1. The molecule has 0 spiro atoms. The van der Waals surface area contributed by atoms with Crippen molar-refractivity contribution in [3.8, 4) is 11.5 Å². The maximum absolute atomic E-state index is 12.4. The second kappa shape index (κ2) is 6.64. The third-order valence-electron chi connectivity index (χ3n) is 4.50. The van der Waals surface area contributed by atoms with Crippen LogP contribution in [-0.4, -0.2) is 15.9 Å². The van der Waals surface area contributed by atoms with Gasteiger partial charge in [-0.1, -0.05) is 24.3 Å². The Kier molecular flexibility index (Phi) is 4.16. The molecular formula is C21H18N2O4. The lowest BCUT2D eigenvalue weighted by molar-refractivity contribution is 0.432. The number of aryl methyl sites for hydroxylation is 1. The topological polar surface area (TPSA) is 95.1 Å². The number of phenols is 1. The van der Waals surface area contributed by atoms with E-state index in [0.717, 1.165) is 11.3 Å². The molecule has 6 nitrogen and oxygen atoms in total. The van der Waals surface area contributed by atoms with Crippen molar-refractivity contribution in [1.29, 1.82) is 0 Å². The van der Waals surface area contributed by atoms with Crippen molar-refractivity contribution in [2.45, 2.75) is 19.4 Å². The zero-order valence-corrected chi connectivity index (χ0v) is 14.6. The number of aromatic hydroxyl groups is 2. The van der Waals surface area contributed by atoms with Crippen molar-refractivity contribution in [3.05, 3.63) is 81.9 Å². The fourth-order valence-electron chi connectivity index (χ4n) is 3.28. The Morgan fingerprint density at radius 2 is 1.93 bits per heavy atom. The average Bonchev–Trinajstić information content (AvgIpc) is 2.80. The number of nitrogens with one attached hydrogen (secondary N) is 1. The zero-order chi connectivity index (χ0) is 19.0. The summed E-state index contributed by atoms with van der Waals surface area (Å²) in [6.45, 7) is 1.60. The molecule has 0 radical (unpaired) electrons. The quantitative estimate of drug-likeness (QED) is 0.639. The summed E-state index contributed by atoms with van der Waals surface area (Å²) in [5.41, 5.74) is 2.17. The van der Waals surface area contributed by atoms with Gasteiger partial charge in [-0.05, 0) is 36.8 Å². The number of hydrogen-bond donors (Lipinski definition) is 3. The van der Waals surface area contributed by atoms with Crippen LogP contribution in [0.25, 0.3) is 0 Å². The van der Waals surface area contributed by atoms with E-state index in [1.807, 2.05) is 30.3 Å². The Morgan fingerprint density at radius 3 is 2.70 bits per heavy atom. The standard InChI is InChI=1S/C21H18N2O4/c1-12-9-19(25)20(21(26)27-12)18-11-17(13-5-4-6-14(24)10-13)22-15-7-2-3-8-16(15)23-18/h2-10,17,22,24-25H,11H2,1H3. The lowest BCUT2D eigenvalue weighted by Crippen LogP contribution is -2.19. The van der Waals surface area contributed by atoms with Crippen LogP contribution in [0.5, 0.6) is 11.5 Å². The van der Waals surface area contributed by atoms with Crippen LogP contribution < -0.4 is 10.9 Å². The van der Waals surface area contributed by atoms with E-state index < -0.39 is 5.63 Å². The van der Waals surface area contributed by atoms with E-state index in [9.17, 15) is 15.0 Å². The molecular weight excluding hydrogens is 344 g/mol. The van der Waals surface area contributed by atoms with Crippen LogP contribution >= 0.6 is 0 Å². The molecule has 2 aromatic carbocycles. The van der Waals surface area contributed by atoms with Crippen LogP contribution in [0.4, 0.5) is 11.4 Å². The highest BCUT2D eigenvalue weighted by Crippen LogP contribution is 2.36. The Morgan fingerprint density at radius 1 is 1.11 bits per heavy atom. The molecule has 0 bridgehead atoms. The first-order valence-electron chi connectivity index (χ1n) is 8.57. The molecule has 4 rings (SSSR count). The van der Waals surface area contributed by atoms with Crippen molar-refractivity contribution >= 4 is 17.1 Å². The van der Waals surface area contributed by atoms with Crippen molar-refractivity contribution in [1.82, 2.24) is 0 Å². The molecule has 1 aliphatic rings. The molecule has 1 aromatic heterocycles. The van der Waals surface area contributed by atoms with Gasteiger partial charge in [0.1, 0.15) is 22.8 Å². The monoisotopic (exact) mass is 362 g/mol. The maximum atomic E-state index is 12.4. The molecule has 3 aromatic rings. The SMILES string of the molecule is Cc1cc(O)c(C2=Nc3ccccc3NC(c3cccc(O)c3)C2)c(=O)o1. The molecule has 1 unspecified atom stereocenters. The minimum absolute atomic E-state index is 0.0595. The predicted molar refractivity (Wildman–Crippen MR) is 103 cm³/mol. The van der Waals surface area contributed by atoms with E-state index in [0.29, 0.717) is 23.6 Å². The second-order valence-electron chi connectivity index (χ2n) is 6.48. The summed E-state index contributed by atoms with van der Waals surface area (Å²) in [7, 11) is 0. The van der Waals surface area contributed by atoms with E-state index in [1.54, 1.807) is 25.1 Å². The molecule has 3 N–H and O–H groups in total. The number of benzene rings is 2. The van der Waals surface area contributed by atoms with Crippen LogP contribution in [-0.2, 0) is 0 Å². The summed E-state index contributed by atoms with van der Waals surface area (Å²) >= 11 is 0. The molecule has 0 amide bonds. The molecule has 6 heteroatoms. The number of para-hydroxylation sites is 2. The highest BCUT2D eigenvalue weighted by Gasteiger charge is 2.25. The van der Waals surface area contributed by atoms with Gasteiger partial charge in [0.2, 0.25) is 0 Å². The number of phenolic OH excluding ortho intramolecular Hbond substituents is 1. The summed E-state index contributed by atoms with van der Waals surface area (Å²) < 4.78 is 5.17. The predicted octanol–water partition coefficient (Wildman–Crippen LogP) is 4.04. The normalized spacial score (nSPS) is 16.0. The fourth-order valence-corrected chi connectivity index (χ4v) is 3.28. The first kappa shape index (κ1) is 16.9. The van der Waals surface area contributed by atoms with Gasteiger partial charge in [-0.15, -0.1) is 0 Å². The lowest BCUT2D eigenvalue weighted by Gasteiger charge is -2.19. The Bertz CT molecular complexity index is 1100. The number of nitrogens with zero attached hydrogens (tertiary/aromatic N) is 1.